The molecule has 0 aromatic carbocycles. The van der Waals surface area contributed by atoms with Gasteiger partial charge in [0.05, 0.1) is 0 Å². The largest absolute Gasteiger partial charge is 0.100 e. The van der Waals surface area contributed by atoms with E-state index >= 15 is 0 Å². The molecule has 0 fully saturated rings. The summed E-state index contributed by atoms with van der Waals surface area (Å²) in [7, 11) is 0. The molecule has 0 amide bonds. The van der Waals surface area contributed by atoms with E-state index in [1.165, 1.54) is 120 Å². The third-order valence-electron chi connectivity index (χ3n) is 6.24. The second-order valence-electron chi connectivity index (χ2n) is 10.7. The standard InChI is InChI=1S/C29H56/c1-25(2)18-14-10-8-12-16-20-29(24-27(5)6)21-17-13-9-11-15-19-28(7)23-22-26(3)4/h26-27,29H,1,7-24H2,2-6H3. The molecule has 172 valence electrons. The monoisotopic (exact) mass is 404 g/mol. The van der Waals surface area contributed by atoms with E-state index in [0.29, 0.717) is 0 Å². The highest BCUT2D eigenvalue weighted by Crippen LogP contribution is 2.25. The van der Waals surface area contributed by atoms with E-state index in [0.717, 1.165) is 17.8 Å². The van der Waals surface area contributed by atoms with Crippen LogP contribution in [0.5, 0.6) is 0 Å². The van der Waals surface area contributed by atoms with Crippen LogP contribution in [-0.4, -0.2) is 0 Å². The first-order chi connectivity index (χ1) is 13.8. The van der Waals surface area contributed by atoms with Gasteiger partial charge in [-0.3, -0.25) is 0 Å². The summed E-state index contributed by atoms with van der Waals surface area (Å²) >= 11 is 0. The predicted molar refractivity (Wildman–Crippen MR) is 136 cm³/mol. The molecule has 0 aliphatic heterocycles. The van der Waals surface area contributed by atoms with Crippen LogP contribution in [-0.2, 0) is 0 Å². The first-order valence-electron chi connectivity index (χ1n) is 13.1. The first-order valence-corrected chi connectivity index (χ1v) is 13.1. The summed E-state index contributed by atoms with van der Waals surface area (Å²) in [5.74, 6) is 2.64. The number of allylic oxidation sites excluding steroid dienone is 2. The number of rotatable bonds is 21. The number of unbranched alkanes of at least 4 members (excludes halogenated alkanes) is 8. The molecule has 29 heavy (non-hydrogen) atoms. The van der Waals surface area contributed by atoms with Crippen LogP contribution in [0.1, 0.15) is 144 Å². The zero-order chi connectivity index (χ0) is 21.9. The minimum Gasteiger partial charge on any atom is -0.100 e. The molecule has 0 aliphatic rings. The molecule has 0 aliphatic carbocycles. The molecule has 0 spiro atoms. The maximum atomic E-state index is 4.27. The number of hydrogen-bond donors (Lipinski definition) is 0. The van der Waals surface area contributed by atoms with E-state index in [1.54, 1.807) is 0 Å². The molecule has 0 aromatic heterocycles. The molecular formula is C29H56. The lowest BCUT2D eigenvalue weighted by atomic mass is 9.87. The van der Waals surface area contributed by atoms with Gasteiger partial charge in [0, 0.05) is 0 Å². The molecule has 0 heteroatoms. The molecular weight excluding hydrogens is 348 g/mol. The van der Waals surface area contributed by atoms with Crippen molar-refractivity contribution in [3.05, 3.63) is 24.3 Å². The third-order valence-corrected chi connectivity index (χ3v) is 6.24. The Morgan fingerprint density at radius 2 is 1.03 bits per heavy atom. The van der Waals surface area contributed by atoms with Crippen LogP contribution in [0.3, 0.4) is 0 Å². The van der Waals surface area contributed by atoms with E-state index in [2.05, 4.69) is 47.8 Å². The molecule has 0 saturated heterocycles. The van der Waals surface area contributed by atoms with E-state index in [-0.39, 0.29) is 0 Å². The van der Waals surface area contributed by atoms with E-state index < -0.39 is 0 Å². The fourth-order valence-electron chi connectivity index (χ4n) is 4.39. The fraction of sp³-hybridized carbons (Fsp3) is 0.862. The molecule has 1 unspecified atom stereocenters. The highest BCUT2D eigenvalue weighted by atomic mass is 14.2. The average molecular weight is 405 g/mol. The zero-order valence-electron chi connectivity index (χ0n) is 21.2. The summed E-state index contributed by atoms with van der Waals surface area (Å²) in [6, 6.07) is 0. The minimum atomic E-state index is 0.812. The van der Waals surface area contributed by atoms with Crippen molar-refractivity contribution in [3.63, 3.8) is 0 Å². The Morgan fingerprint density at radius 3 is 1.52 bits per heavy atom. The van der Waals surface area contributed by atoms with Crippen molar-refractivity contribution in [2.45, 2.75) is 144 Å². The van der Waals surface area contributed by atoms with Gasteiger partial charge >= 0.3 is 0 Å². The van der Waals surface area contributed by atoms with Crippen molar-refractivity contribution >= 4 is 0 Å². The highest BCUT2D eigenvalue weighted by molar-refractivity contribution is 4.93. The molecule has 0 N–H and O–H groups in total. The van der Waals surface area contributed by atoms with Crippen LogP contribution >= 0.6 is 0 Å². The lowest BCUT2D eigenvalue weighted by Crippen LogP contribution is -2.05. The molecule has 0 nitrogen and oxygen atoms in total. The maximum Gasteiger partial charge on any atom is -0.0321 e. The van der Waals surface area contributed by atoms with E-state index in [1.807, 2.05) is 0 Å². The van der Waals surface area contributed by atoms with Crippen molar-refractivity contribution in [2.75, 3.05) is 0 Å². The van der Waals surface area contributed by atoms with Gasteiger partial charge < -0.3 is 0 Å². The van der Waals surface area contributed by atoms with Crippen LogP contribution in [0.15, 0.2) is 24.3 Å². The Labute approximate surface area is 186 Å². The third kappa shape index (κ3) is 22.0. The Kier molecular flexibility index (Phi) is 19.1. The lowest BCUT2D eigenvalue weighted by molar-refractivity contribution is 0.339. The first kappa shape index (κ1) is 28.5. The summed E-state index contributed by atoms with van der Waals surface area (Å²) < 4.78 is 0. The van der Waals surface area contributed by atoms with Gasteiger partial charge in [0.1, 0.15) is 0 Å². The summed E-state index contributed by atoms with van der Waals surface area (Å²) in [6.45, 7) is 19.8. The van der Waals surface area contributed by atoms with Crippen molar-refractivity contribution in [1.29, 1.82) is 0 Å². The van der Waals surface area contributed by atoms with Gasteiger partial charge in [-0.2, -0.15) is 0 Å². The van der Waals surface area contributed by atoms with Gasteiger partial charge in [-0.25, -0.2) is 0 Å². The molecule has 0 saturated carbocycles. The van der Waals surface area contributed by atoms with Gasteiger partial charge in [0.25, 0.3) is 0 Å². The number of hydrogen-bond acceptors (Lipinski definition) is 0. The van der Waals surface area contributed by atoms with Crippen LogP contribution in [0.25, 0.3) is 0 Å². The molecule has 0 heterocycles. The second kappa shape index (κ2) is 19.4. The van der Waals surface area contributed by atoms with Crippen LogP contribution < -0.4 is 0 Å². The topological polar surface area (TPSA) is 0 Å². The Balaban J connectivity index is 3.71. The fourth-order valence-corrected chi connectivity index (χ4v) is 4.39. The molecule has 0 bridgehead atoms. The maximum absolute atomic E-state index is 4.27. The van der Waals surface area contributed by atoms with Gasteiger partial charge in [0.15, 0.2) is 0 Å². The highest BCUT2D eigenvalue weighted by Gasteiger charge is 2.10. The minimum absolute atomic E-state index is 0.812. The average Bonchev–Trinajstić information content (AvgIpc) is 2.63. The van der Waals surface area contributed by atoms with Gasteiger partial charge in [0.2, 0.25) is 0 Å². The Hall–Kier alpha value is -0.520. The van der Waals surface area contributed by atoms with Crippen molar-refractivity contribution in [3.8, 4) is 0 Å². The van der Waals surface area contributed by atoms with Gasteiger partial charge in [-0.1, -0.05) is 110 Å². The molecule has 1 atom stereocenters. The lowest BCUT2D eigenvalue weighted by Gasteiger charge is -2.19. The van der Waals surface area contributed by atoms with E-state index in [9.17, 15) is 0 Å². The quantitative estimate of drug-likeness (QED) is 0.132. The van der Waals surface area contributed by atoms with Gasteiger partial charge in [-0.15, -0.1) is 6.58 Å². The summed E-state index contributed by atoms with van der Waals surface area (Å²) in [6.07, 6.45) is 23.5. The van der Waals surface area contributed by atoms with Crippen molar-refractivity contribution < 1.29 is 0 Å². The summed E-state index contributed by atoms with van der Waals surface area (Å²) in [4.78, 5) is 0. The van der Waals surface area contributed by atoms with Crippen LogP contribution in [0.4, 0.5) is 0 Å². The second-order valence-corrected chi connectivity index (χ2v) is 10.7. The van der Waals surface area contributed by atoms with Gasteiger partial charge in [-0.05, 0) is 69.6 Å². The summed E-state index contributed by atoms with van der Waals surface area (Å²) in [5.41, 5.74) is 2.83. The summed E-state index contributed by atoms with van der Waals surface area (Å²) in [5, 5.41) is 0. The van der Waals surface area contributed by atoms with Crippen molar-refractivity contribution in [2.24, 2.45) is 17.8 Å². The van der Waals surface area contributed by atoms with Crippen LogP contribution in [0.2, 0.25) is 0 Å². The molecule has 0 radical (unpaired) electrons. The molecule has 0 rings (SSSR count). The normalized spacial score (nSPS) is 12.7. The molecule has 0 aromatic rings. The van der Waals surface area contributed by atoms with Crippen molar-refractivity contribution in [1.82, 2.24) is 0 Å². The SMILES string of the molecule is C=C(C)CCCCCCCC(CCCCCCCC(=C)CCC(C)C)CC(C)C. The van der Waals surface area contributed by atoms with Crippen LogP contribution in [0, 0.1) is 17.8 Å². The predicted octanol–water partition coefficient (Wildman–Crippen LogP) is 10.7. The zero-order valence-corrected chi connectivity index (χ0v) is 21.2. The Bertz CT molecular complexity index is 387. The smallest absolute Gasteiger partial charge is 0.0321 e. The Morgan fingerprint density at radius 1 is 0.552 bits per heavy atom. The van der Waals surface area contributed by atoms with E-state index in [4.69, 9.17) is 0 Å².